The number of aryl methyl sites for hydroxylation is 2. The number of fused-ring (bicyclic) bond motifs is 1. The first-order valence-corrected chi connectivity index (χ1v) is 8.64. The molecule has 3 N–H and O–H groups in total. The number of nitrogens with zero attached hydrogens (tertiary/aromatic N) is 3. The fourth-order valence-electron chi connectivity index (χ4n) is 3.53. The first-order chi connectivity index (χ1) is 11.9. The molecule has 1 fully saturated rings. The highest BCUT2D eigenvalue weighted by molar-refractivity contribution is 5.84. The van der Waals surface area contributed by atoms with E-state index in [1.165, 1.54) is 5.56 Å². The summed E-state index contributed by atoms with van der Waals surface area (Å²) in [6.07, 6.45) is 1.74. The second kappa shape index (κ2) is 7.23. The second-order valence-corrected chi connectivity index (χ2v) is 6.85. The first kappa shape index (κ1) is 17.4. The zero-order valence-corrected chi connectivity index (χ0v) is 14.8. The van der Waals surface area contributed by atoms with Gasteiger partial charge in [-0.05, 0) is 38.4 Å². The van der Waals surface area contributed by atoms with Crippen LogP contribution in [0, 0.1) is 12.8 Å². The normalized spacial score (nSPS) is 18.4. The van der Waals surface area contributed by atoms with Gasteiger partial charge in [0.1, 0.15) is 0 Å². The Bertz CT molecular complexity index is 798. The maximum absolute atomic E-state index is 12.5. The van der Waals surface area contributed by atoms with Gasteiger partial charge in [0.2, 0.25) is 11.8 Å². The molecule has 0 aliphatic carbocycles. The molecule has 0 saturated carbocycles. The van der Waals surface area contributed by atoms with Gasteiger partial charge in [0.25, 0.3) is 0 Å². The van der Waals surface area contributed by atoms with Crippen LogP contribution in [0.2, 0.25) is 0 Å². The van der Waals surface area contributed by atoms with Crippen molar-refractivity contribution < 1.29 is 9.59 Å². The minimum Gasteiger partial charge on any atom is -0.369 e. The number of nitrogens with one attached hydrogen (secondary N) is 1. The standard InChI is InChI=1S/C18H25N5O2/c1-12-5-6-16-14(8-12)15(21-22(16)2)9-20-18(25)13-4-3-7-23(10-13)11-17(19)24/h5-6,8,13H,3-4,7,9-11H2,1-2H3,(H2,19,24)(H,20,25)/t13-/m0/s1. The summed E-state index contributed by atoms with van der Waals surface area (Å²) >= 11 is 0. The van der Waals surface area contributed by atoms with Crippen molar-refractivity contribution in [2.75, 3.05) is 19.6 Å². The van der Waals surface area contributed by atoms with Crippen LogP contribution in [0.5, 0.6) is 0 Å². The third kappa shape index (κ3) is 3.99. The van der Waals surface area contributed by atoms with E-state index in [-0.39, 0.29) is 24.3 Å². The Morgan fingerprint density at radius 2 is 2.20 bits per heavy atom. The lowest BCUT2D eigenvalue weighted by molar-refractivity contribution is -0.128. The fraction of sp³-hybridized carbons (Fsp3) is 0.500. The van der Waals surface area contributed by atoms with Crippen molar-refractivity contribution in [3.8, 4) is 0 Å². The van der Waals surface area contributed by atoms with E-state index in [1.807, 2.05) is 29.6 Å². The summed E-state index contributed by atoms with van der Waals surface area (Å²) in [4.78, 5) is 25.6. The molecule has 1 aromatic heterocycles. The highest BCUT2D eigenvalue weighted by Gasteiger charge is 2.26. The van der Waals surface area contributed by atoms with E-state index in [1.54, 1.807) is 0 Å². The van der Waals surface area contributed by atoms with Crippen LogP contribution in [-0.2, 0) is 23.2 Å². The van der Waals surface area contributed by atoms with E-state index in [0.29, 0.717) is 13.1 Å². The SMILES string of the molecule is Cc1ccc2c(c1)c(CNC(=O)[C@H]1CCCN(CC(N)=O)C1)nn2C. The number of likely N-dealkylation sites (tertiary alicyclic amines) is 1. The number of amides is 2. The highest BCUT2D eigenvalue weighted by atomic mass is 16.2. The summed E-state index contributed by atoms with van der Waals surface area (Å²) < 4.78 is 1.84. The van der Waals surface area contributed by atoms with Crippen molar-refractivity contribution in [2.45, 2.75) is 26.3 Å². The van der Waals surface area contributed by atoms with Crippen molar-refractivity contribution in [3.63, 3.8) is 0 Å². The number of piperidine rings is 1. The number of hydrogen-bond donors (Lipinski definition) is 2. The molecule has 2 aromatic rings. The van der Waals surface area contributed by atoms with Gasteiger partial charge >= 0.3 is 0 Å². The molecule has 0 radical (unpaired) electrons. The van der Waals surface area contributed by atoms with Crippen LogP contribution < -0.4 is 11.1 Å². The Labute approximate surface area is 147 Å². The van der Waals surface area contributed by atoms with Gasteiger partial charge in [0, 0.05) is 19.0 Å². The average molecular weight is 343 g/mol. The smallest absolute Gasteiger partial charge is 0.231 e. The predicted molar refractivity (Wildman–Crippen MR) is 95.7 cm³/mol. The minimum absolute atomic E-state index is 0.0145. The summed E-state index contributed by atoms with van der Waals surface area (Å²) in [5.41, 5.74) is 8.35. The molecule has 7 nitrogen and oxygen atoms in total. The van der Waals surface area contributed by atoms with Gasteiger partial charge in [-0.3, -0.25) is 19.2 Å². The van der Waals surface area contributed by atoms with Crippen LogP contribution in [-0.4, -0.2) is 46.1 Å². The fourth-order valence-corrected chi connectivity index (χ4v) is 3.53. The molecule has 1 aliphatic heterocycles. The molecule has 1 atom stereocenters. The number of hydrogen-bond acceptors (Lipinski definition) is 4. The van der Waals surface area contributed by atoms with E-state index < -0.39 is 0 Å². The molecule has 134 valence electrons. The van der Waals surface area contributed by atoms with Gasteiger partial charge < -0.3 is 11.1 Å². The second-order valence-electron chi connectivity index (χ2n) is 6.85. The number of aromatic nitrogens is 2. The van der Waals surface area contributed by atoms with Gasteiger partial charge in [0.15, 0.2) is 0 Å². The number of carbonyl (C=O) groups is 2. The maximum Gasteiger partial charge on any atom is 0.231 e. The van der Waals surface area contributed by atoms with Crippen molar-refractivity contribution in [1.29, 1.82) is 0 Å². The summed E-state index contributed by atoms with van der Waals surface area (Å²) in [7, 11) is 1.91. The molecular weight excluding hydrogens is 318 g/mol. The third-order valence-corrected chi connectivity index (χ3v) is 4.77. The lowest BCUT2D eigenvalue weighted by atomic mass is 9.97. The Hall–Kier alpha value is -2.41. The third-order valence-electron chi connectivity index (χ3n) is 4.77. The quantitative estimate of drug-likeness (QED) is 0.835. The summed E-state index contributed by atoms with van der Waals surface area (Å²) in [6.45, 7) is 4.07. The van der Waals surface area contributed by atoms with Gasteiger partial charge in [0.05, 0.1) is 30.2 Å². The Balaban J connectivity index is 1.64. The molecular formula is C18H25N5O2. The predicted octanol–water partition coefficient (Wildman–Crippen LogP) is 0.695. The van der Waals surface area contributed by atoms with Crippen LogP contribution in [0.15, 0.2) is 18.2 Å². The molecule has 0 unspecified atom stereocenters. The van der Waals surface area contributed by atoms with E-state index >= 15 is 0 Å². The topological polar surface area (TPSA) is 93.2 Å². The maximum atomic E-state index is 12.5. The number of primary amides is 1. The van der Waals surface area contributed by atoms with Crippen molar-refractivity contribution in [2.24, 2.45) is 18.7 Å². The summed E-state index contributed by atoms with van der Waals surface area (Å²) in [6, 6.07) is 6.20. The zero-order chi connectivity index (χ0) is 18.0. The average Bonchev–Trinajstić information content (AvgIpc) is 2.87. The molecule has 0 bridgehead atoms. The van der Waals surface area contributed by atoms with E-state index in [9.17, 15) is 9.59 Å². The Morgan fingerprint density at radius 1 is 1.40 bits per heavy atom. The molecule has 2 heterocycles. The lowest BCUT2D eigenvalue weighted by Gasteiger charge is -2.30. The zero-order valence-electron chi connectivity index (χ0n) is 14.8. The van der Waals surface area contributed by atoms with Crippen molar-refractivity contribution in [1.82, 2.24) is 20.0 Å². The minimum atomic E-state index is -0.351. The van der Waals surface area contributed by atoms with Crippen molar-refractivity contribution in [3.05, 3.63) is 29.5 Å². The largest absolute Gasteiger partial charge is 0.369 e. The Morgan fingerprint density at radius 3 is 2.96 bits per heavy atom. The molecule has 1 aromatic carbocycles. The molecule has 25 heavy (non-hydrogen) atoms. The molecule has 3 rings (SSSR count). The van der Waals surface area contributed by atoms with E-state index in [2.05, 4.69) is 22.5 Å². The number of rotatable bonds is 5. The number of carbonyl (C=O) groups excluding carboxylic acids is 2. The van der Waals surface area contributed by atoms with Crippen LogP contribution in [0.3, 0.4) is 0 Å². The van der Waals surface area contributed by atoms with Crippen LogP contribution in [0.4, 0.5) is 0 Å². The van der Waals surface area contributed by atoms with Crippen LogP contribution in [0.1, 0.15) is 24.1 Å². The number of nitrogens with two attached hydrogens (primary N) is 1. The molecule has 1 aliphatic rings. The van der Waals surface area contributed by atoms with Gasteiger partial charge in [-0.2, -0.15) is 5.10 Å². The molecule has 2 amide bonds. The summed E-state index contributed by atoms with van der Waals surface area (Å²) in [5, 5.41) is 8.61. The van der Waals surface area contributed by atoms with Gasteiger partial charge in [-0.15, -0.1) is 0 Å². The first-order valence-electron chi connectivity index (χ1n) is 8.64. The Kier molecular flexibility index (Phi) is 5.03. The molecule has 0 spiro atoms. The molecule has 1 saturated heterocycles. The van der Waals surface area contributed by atoms with Crippen LogP contribution >= 0.6 is 0 Å². The van der Waals surface area contributed by atoms with E-state index in [0.717, 1.165) is 36.0 Å². The van der Waals surface area contributed by atoms with Crippen molar-refractivity contribution >= 4 is 22.7 Å². The number of benzene rings is 1. The van der Waals surface area contributed by atoms with Gasteiger partial charge in [-0.25, -0.2) is 0 Å². The lowest BCUT2D eigenvalue weighted by Crippen LogP contribution is -2.45. The van der Waals surface area contributed by atoms with Crippen LogP contribution in [0.25, 0.3) is 10.9 Å². The molecule has 7 heteroatoms. The highest BCUT2D eigenvalue weighted by Crippen LogP contribution is 2.20. The van der Waals surface area contributed by atoms with E-state index in [4.69, 9.17) is 5.73 Å². The van der Waals surface area contributed by atoms with Gasteiger partial charge in [-0.1, -0.05) is 11.6 Å². The monoisotopic (exact) mass is 343 g/mol. The summed E-state index contributed by atoms with van der Waals surface area (Å²) in [5.74, 6) is -0.443.